The van der Waals surface area contributed by atoms with Crippen molar-refractivity contribution < 1.29 is 9.21 Å². The summed E-state index contributed by atoms with van der Waals surface area (Å²) in [5, 5.41) is 2.78. The van der Waals surface area contributed by atoms with Crippen molar-refractivity contribution >= 4 is 5.91 Å². The second-order valence-corrected chi connectivity index (χ2v) is 4.36. The molecule has 1 heterocycles. The molecule has 0 aliphatic rings. The number of amides is 1. The number of nitrogens with one attached hydrogen (secondary N) is 1. The maximum Gasteiger partial charge on any atom is 0.240 e. The molecule has 0 radical (unpaired) electrons. The van der Waals surface area contributed by atoms with Gasteiger partial charge in [0.1, 0.15) is 11.5 Å². The van der Waals surface area contributed by atoms with E-state index < -0.39 is 5.54 Å². The molecule has 0 aliphatic carbocycles. The fraction of sp³-hybridized carbons (Fsp3) is 0.583. The van der Waals surface area contributed by atoms with E-state index in [2.05, 4.69) is 5.32 Å². The summed E-state index contributed by atoms with van der Waals surface area (Å²) in [6.45, 7) is 6.02. The molecule has 0 aliphatic heterocycles. The largest absolute Gasteiger partial charge is 0.465 e. The standard InChI is InChI=1S/C12H20N2O2/c1-4-7-12(3,13)11(15)14-8-10-6-5-9(2)16-10/h5-6H,4,7-8,13H2,1-3H3,(H,14,15). The van der Waals surface area contributed by atoms with Crippen molar-refractivity contribution in [1.29, 1.82) is 0 Å². The van der Waals surface area contributed by atoms with Crippen LogP contribution in [0.5, 0.6) is 0 Å². The van der Waals surface area contributed by atoms with Crippen molar-refractivity contribution in [3.63, 3.8) is 0 Å². The number of carbonyl (C=O) groups excluding carboxylic acids is 1. The summed E-state index contributed by atoms with van der Waals surface area (Å²) in [6, 6.07) is 3.72. The molecule has 1 aromatic rings. The molecule has 0 spiro atoms. The number of hydrogen-bond acceptors (Lipinski definition) is 3. The summed E-state index contributed by atoms with van der Waals surface area (Å²) in [6.07, 6.45) is 1.57. The minimum atomic E-state index is -0.795. The van der Waals surface area contributed by atoms with Crippen molar-refractivity contribution in [3.05, 3.63) is 23.7 Å². The number of hydrogen-bond donors (Lipinski definition) is 2. The molecule has 1 amide bonds. The Labute approximate surface area is 96.2 Å². The first-order valence-corrected chi connectivity index (χ1v) is 5.58. The average molecular weight is 224 g/mol. The molecular weight excluding hydrogens is 204 g/mol. The van der Waals surface area contributed by atoms with Gasteiger partial charge in [0.15, 0.2) is 0 Å². The number of rotatable bonds is 5. The molecule has 1 unspecified atom stereocenters. The second kappa shape index (κ2) is 5.16. The van der Waals surface area contributed by atoms with Crippen LogP contribution in [0.3, 0.4) is 0 Å². The van der Waals surface area contributed by atoms with Gasteiger partial charge in [-0.1, -0.05) is 13.3 Å². The van der Waals surface area contributed by atoms with E-state index in [0.717, 1.165) is 17.9 Å². The molecule has 4 nitrogen and oxygen atoms in total. The van der Waals surface area contributed by atoms with Gasteiger partial charge in [0.25, 0.3) is 0 Å². The molecule has 1 rings (SSSR count). The van der Waals surface area contributed by atoms with Gasteiger partial charge in [0.05, 0.1) is 12.1 Å². The van der Waals surface area contributed by atoms with Gasteiger partial charge in [-0.15, -0.1) is 0 Å². The van der Waals surface area contributed by atoms with Crippen LogP contribution in [-0.2, 0) is 11.3 Å². The minimum Gasteiger partial charge on any atom is -0.465 e. The van der Waals surface area contributed by atoms with Crippen LogP contribution >= 0.6 is 0 Å². The number of nitrogens with two attached hydrogens (primary N) is 1. The fourth-order valence-electron chi connectivity index (χ4n) is 1.58. The third-order valence-electron chi connectivity index (χ3n) is 2.51. The van der Waals surface area contributed by atoms with E-state index in [4.69, 9.17) is 10.2 Å². The van der Waals surface area contributed by atoms with Gasteiger partial charge < -0.3 is 15.5 Å². The summed E-state index contributed by atoms with van der Waals surface area (Å²) in [4.78, 5) is 11.8. The van der Waals surface area contributed by atoms with Crippen LogP contribution in [0.1, 0.15) is 38.2 Å². The highest BCUT2D eigenvalue weighted by atomic mass is 16.3. The SMILES string of the molecule is CCCC(C)(N)C(=O)NCc1ccc(C)o1. The molecule has 0 fully saturated rings. The Hall–Kier alpha value is -1.29. The molecule has 0 saturated heterocycles. The van der Waals surface area contributed by atoms with E-state index in [0.29, 0.717) is 13.0 Å². The lowest BCUT2D eigenvalue weighted by Crippen LogP contribution is -2.51. The maximum absolute atomic E-state index is 11.8. The smallest absolute Gasteiger partial charge is 0.240 e. The van der Waals surface area contributed by atoms with Crippen LogP contribution < -0.4 is 11.1 Å². The van der Waals surface area contributed by atoms with Crippen LogP contribution in [0.15, 0.2) is 16.5 Å². The van der Waals surface area contributed by atoms with Gasteiger partial charge in [-0.25, -0.2) is 0 Å². The topological polar surface area (TPSA) is 68.3 Å². The predicted octanol–water partition coefficient (Wildman–Crippen LogP) is 1.72. The predicted molar refractivity (Wildman–Crippen MR) is 62.8 cm³/mol. The minimum absolute atomic E-state index is 0.136. The summed E-state index contributed by atoms with van der Waals surface area (Å²) >= 11 is 0. The number of furan rings is 1. The Balaban J connectivity index is 2.46. The zero-order valence-corrected chi connectivity index (χ0v) is 10.2. The van der Waals surface area contributed by atoms with Gasteiger partial charge in [-0.2, -0.15) is 0 Å². The summed E-state index contributed by atoms with van der Waals surface area (Å²) in [7, 11) is 0. The first kappa shape index (κ1) is 12.8. The Morgan fingerprint density at radius 1 is 1.56 bits per heavy atom. The molecule has 1 aromatic heterocycles. The normalized spacial score (nSPS) is 14.5. The van der Waals surface area contributed by atoms with Gasteiger partial charge in [0.2, 0.25) is 5.91 Å². The van der Waals surface area contributed by atoms with Crippen LogP contribution in [0.25, 0.3) is 0 Å². The molecule has 1 atom stereocenters. The zero-order chi connectivity index (χ0) is 12.2. The van der Waals surface area contributed by atoms with Crippen molar-refractivity contribution in [2.75, 3.05) is 0 Å². The monoisotopic (exact) mass is 224 g/mol. The highest BCUT2D eigenvalue weighted by Gasteiger charge is 2.26. The van der Waals surface area contributed by atoms with Crippen molar-refractivity contribution in [2.45, 2.75) is 45.7 Å². The van der Waals surface area contributed by atoms with E-state index in [9.17, 15) is 4.79 Å². The third kappa shape index (κ3) is 3.38. The molecule has 16 heavy (non-hydrogen) atoms. The summed E-state index contributed by atoms with van der Waals surface area (Å²) in [5.74, 6) is 1.45. The lowest BCUT2D eigenvalue weighted by atomic mass is 9.96. The Kier molecular flexibility index (Phi) is 4.12. The van der Waals surface area contributed by atoms with Gasteiger partial charge in [-0.3, -0.25) is 4.79 Å². The quantitative estimate of drug-likeness (QED) is 0.800. The van der Waals surface area contributed by atoms with Crippen LogP contribution in [-0.4, -0.2) is 11.4 Å². The first-order valence-electron chi connectivity index (χ1n) is 5.58. The van der Waals surface area contributed by atoms with Crippen LogP contribution in [0, 0.1) is 6.92 Å². The van der Waals surface area contributed by atoms with Gasteiger partial charge >= 0.3 is 0 Å². The van der Waals surface area contributed by atoms with E-state index >= 15 is 0 Å². The molecule has 4 heteroatoms. The average Bonchev–Trinajstić information content (AvgIpc) is 2.60. The molecule has 0 bridgehead atoms. The molecule has 0 saturated carbocycles. The zero-order valence-electron chi connectivity index (χ0n) is 10.2. The van der Waals surface area contributed by atoms with Crippen molar-refractivity contribution in [2.24, 2.45) is 5.73 Å². The summed E-state index contributed by atoms with van der Waals surface area (Å²) < 4.78 is 5.35. The lowest BCUT2D eigenvalue weighted by molar-refractivity contribution is -0.126. The molecular formula is C12H20N2O2. The Bertz CT molecular complexity index is 356. The summed E-state index contributed by atoms with van der Waals surface area (Å²) in [5.41, 5.74) is 5.10. The molecule has 0 aromatic carbocycles. The maximum atomic E-state index is 11.8. The van der Waals surface area contributed by atoms with Crippen LogP contribution in [0.4, 0.5) is 0 Å². The molecule has 3 N–H and O–H groups in total. The lowest BCUT2D eigenvalue weighted by Gasteiger charge is -2.22. The van der Waals surface area contributed by atoms with Crippen LogP contribution in [0.2, 0.25) is 0 Å². The highest BCUT2D eigenvalue weighted by molar-refractivity contribution is 5.85. The first-order chi connectivity index (χ1) is 7.45. The molecule has 90 valence electrons. The Morgan fingerprint density at radius 2 is 2.25 bits per heavy atom. The van der Waals surface area contributed by atoms with Crippen molar-refractivity contribution in [1.82, 2.24) is 5.32 Å². The third-order valence-corrected chi connectivity index (χ3v) is 2.51. The van der Waals surface area contributed by atoms with E-state index in [1.807, 2.05) is 26.0 Å². The number of carbonyl (C=O) groups is 1. The van der Waals surface area contributed by atoms with Crippen molar-refractivity contribution in [3.8, 4) is 0 Å². The Morgan fingerprint density at radius 3 is 2.75 bits per heavy atom. The second-order valence-electron chi connectivity index (χ2n) is 4.36. The van der Waals surface area contributed by atoms with Gasteiger partial charge in [0, 0.05) is 0 Å². The van der Waals surface area contributed by atoms with E-state index in [1.54, 1.807) is 6.92 Å². The fourth-order valence-corrected chi connectivity index (χ4v) is 1.58. The van der Waals surface area contributed by atoms with Gasteiger partial charge in [-0.05, 0) is 32.4 Å². The highest BCUT2D eigenvalue weighted by Crippen LogP contribution is 2.10. The number of aryl methyl sites for hydroxylation is 1. The van der Waals surface area contributed by atoms with E-state index in [1.165, 1.54) is 0 Å². The van der Waals surface area contributed by atoms with E-state index in [-0.39, 0.29) is 5.91 Å².